The summed E-state index contributed by atoms with van der Waals surface area (Å²) in [5.74, 6) is -2.46. The van der Waals surface area contributed by atoms with Crippen molar-refractivity contribution in [3.8, 4) is 0 Å². The summed E-state index contributed by atoms with van der Waals surface area (Å²) in [6, 6.07) is 10.0. The Morgan fingerprint density at radius 2 is 1.76 bits per heavy atom. The van der Waals surface area contributed by atoms with Crippen LogP contribution in [0.2, 0.25) is 0 Å². The van der Waals surface area contributed by atoms with Crippen molar-refractivity contribution in [2.75, 3.05) is 7.11 Å². The molecule has 2 heterocycles. The first-order valence-corrected chi connectivity index (χ1v) is 9.91. The van der Waals surface area contributed by atoms with Gasteiger partial charge in [0.2, 0.25) is 0 Å². The fraction of sp³-hybridized carbons (Fsp3) is 0.350. The van der Waals surface area contributed by atoms with E-state index in [-0.39, 0.29) is 6.42 Å². The predicted molar refractivity (Wildman–Crippen MR) is 105 cm³/mol. The van der Waals surface area contributed by atoms with Crippen LogP contribution in [0.3, 0.4) is 0 Å². The lowest BCUT2D eigenvalue weighted by Gasteiger charge is -2.24. The fourth-order valence-corrected chi connectivity index (χ4v) is 3.93. The Hall–Kier alpha value is -2.75. The van der Waals surface area contributed by atoms with Crippen molar-refractivity contribution in [3.63, 3.8) is 0 Å². The van der Waals surface area contributed by atoms with E-state index in [0.717, 1.165) is 16.0 Å². The van der Waals surface area contributed by atoms with Gasteiger partial charge < -0.3 is 25.2 Å². The number of ether oxygens (including phenoxy) is 1. The summed E-state index contributed by atoms with van der Waals surface area (Å²) in [7, 11) is 1.19. The summed E-state index contributed by atoms with van der Waals surface area (Å²) in [5, 5.41) is 24.6. The van der Waals surface area contributed by atoms with E-state index >= 15 is 0 Å². The molecule has 0 aliphatic carbocycles. The molecule has 1 aromatic carbocycles. The van der Waals surface area contributed by atoms with Crippen molar-refractivity contribution in [2.45, 2.75) is 37.8 Å². The van der Waals surface area contributed by atoms with Crippen molar-refractivity contribution >= 4 is 29.1 Å². The number of hydrogen-bond donors (Lipinski definition) is 3. The number of carbonyl (C=O) groups is 3. The van der Waals surface area contributed by atoms with Gasteiger partial charge in [0.1, 0.15) is 6.04 Å². The molecular formula is C20H22N2O6S. The SMILES string of the molecule is COC(=O)C(Cc1cccs1)NC(=O)[C@H](O)[C@@H](O)C(=O)N1Cc2ccccc2C1. The Kier molecular flexibility index (Phi) is 6.63. The van der Waals surface area contributed by atoms with Crippen LogP contribution in [-0.2, 0) is 38.6 Å². The van der Waals surface area contributed by atoms with Gasteiger partial charge in [-0.2, -0.15) is 0 Å². The average Bonchev–Trinajstić information content (AvgIpc) is 3.40. The van der Waals surface area contributed by atoms with Crippen LogP contribution in [0.4, 0.5) is 0 Å². The molecule has 1 aliphatic rings. The average molecular weight is 418 g/mol. The molecule has 3 rings (SSSR count). The number of esters is 1. The minimum Gasteiger partial charge on any atom is -0.467 e. The molecule has 3 atom stereocenters. The minimum atomic E-state index is -2.01. The lowest BCUT2D eigenvalue weighted by atomic mass is 10.1. The topological polar surface area (TPSA) is 116 Å². The molecule has 0 fully saturated rings. The monoisotopic (exact) mass is 418 g/mol. The molecule has 29 heavy (non-hydrogen) atoms. The molecule has 0 saturated heterocycles. The Labute approximate surface area is 171 Å². The number of rotatable bonds is 7. The number of methoxy groups -OCH3 is 1. The lowest BCUT2D eigenvalue weighted by molar-refractivity contribution is -0.155. The summed E-state index contributed by atoms with van der Waals surface area (Å²) in [5.41, 5.74) is 1.90. The highest BCUT2D eigenvalue weighted by atomic mass is 32.1. The highest BCUT2D eigenvalue weighted by Crippen LogP contribution is 2.23. The number of hydrogen-bond acceptors (Lipinski definition) is 7. The number of amides is 2. The zero-order valence-electron chi connectivity index (χ0n) is 15.8. The van der Waals surface area contributed by atoms with Crippen LogP contribution in [0.5, 0.6) is 0 Å². The molecule has 0 spiro atoms. The number of aliphatic hydroxyl groups is 2. The van der Waals surface area contributed by atoms with Gasteiger partial charge in [-0.15, -0.1) is 11.3 Å². The smallest absolute Gasteiger partial charge is 0.328 e. The Morgan fingerprint density at radius 3 is 2.31 bits per heavy atom. The van der Waals surface area contributed by atoms with E-state index in [2.05, 4.69) is 5.32 Å². The zero-order chi connectivity index (χ0) is 21.0. The standard InChI is InChI=1S/C20H22N2O6S/c1-28-20(27)15(9-14-7-4-8-29-14)21-18(25)16(23)17(24)19(26)22-10-12-5-2-3-6-13(12)11-22/h2-8,15-17,23-24H,9-11H2,1H3,(H,21,25)/t15?,16-,17-/m1/s1. The largest absolute Gasteiger partial charge is 0.467 e. The maximum absolute atomic E-state index is 12.5. The molecule has 2 aromatic rings. The van der Waals surface area contributed by atoms with E-state index in [4.69, 9.17) is 4.74 Å². The van der Waals surface area contributed by atoms with Crippen LogP contribution in [-0.4, -0.2) is 58.3 Å². The van der Waals surface area contributed by atoms with Crippen LogP contribution in [0.1, 0.15) is 16.0 Å². The van der Waals surface area contributed by atoms with Crippen LogP contribution >= 0.6 is 11.3 Å². The van der Waals surface area contributed by atoms with E-state index in [1.807, 2.05) is 35.7 Å². The predicted octanol–water partition coefficient (Wildman–Crippen LogP) is 0.213. The van der Waals surface area contributed by atoms with Crippen LogP contribution < -0.4 is 5.32 Å². The van der Waals surface area contributed by atoms with Gasteiger partial charge in [0.05, 0.1) is 7.11 Å². The number of fused-ring (bicyclic) bond motifs is 1. The van der Waals surface area contributed by atoms with Crippen LogP contribution in [0.25, 0.3) is 0 Å². The summed E-state index contributed by atoms with van der Waals surface area (Å²) >= 11 is 1.40. The molecule has 1 aliphatic heterocycles. The van der Waals surface area contributed by atoms with Crippen molar-refractivity contribution < 1.29 is 29.3 Å². The van der Waals surface area contributed by atoms with Crippen molar-refractivity contribution in [1.29, 1.82) is 0 Å². The highest BCUT2D eigenvalue weighted by Gasteiger charge is 2.37. The molecule has 154 valence electrons. The molecular weight excluding hydrogens is 396 g/mol. The Bertz CT molecular complexity index is 860. The highest BCUT2D eigenvalue weighted by molar-refractivity contribution is 7.09. The number of nitrogens with one attached hydrogen (secondary N) is 1. The van der Waals surface area contributed by atoms with Gasteiger partial charge in [0, 0.05) is 24.4 Å². The fourth-order valence-electron chi connectivity index (χ4n) is 3.18. The maximum Gasteiger partial charge on any atom is 0.328 e. The first-order valence-electron chi connectivity index (χ1n) is 9.03. The van der Waals surface area contributed by atoms with Crippen molar-refractivity contribution in [2.24, 2.45) is 0 Å². The summed E-state index contributed by atoms with van der Waals surface area (Å²) in [6.45, 7) is 0.590. The van der Waals surface area contributed by atoms with Gasteiger partial charge in [-0.1, -0.05) is 30.3 Å². The van der Waals surface area contributed by atoms with Crippen LogP contribution in [0, 0.1) is 0 Å². The molecule has 9 heteroatoms. The quantitative estimate of drug-likeness (QED) is 0.554. The number of carbonyl (C=O) groups excluding carboxylic acids is 3. The van der Waals surface area contributed by atoms with Gasteiger partial charge in [-0.3, -0.25) is 9.59 Å². The van der Waals surface area contributed by atoms with E-state index < -0.39 is 36.0 Å². The first-order chi connectivity index (χ1) is 13.9. The second-order valence-corrected chi connectivity index (χ2v) is 7.75. The second-order valence-electron chi connectivity index (χ2n) is 6.72. The summed E-state index contributed by atoms with van der Waals surface area (Å²) in [4.78, 5) is 39.1. The second kappa shape index (κ2) is 9.17. The van der Waals surface area contributed by atoms with E-state index in [1.54, 1.807) is 6.07 Å². The first kappa shape index (κ1) is 21.0. The van der Waals surface area contributed by atoms with Gasteiger partial charge in [0.25, 0.3) is 11.8 Å². The maximum atomic E-state index is 12.5. The molecule has 8 nitrogen and oxygen atoms in total. The molecule has 1 unspecified atom stereocenters. The molecule has 0 bridgehead atoms. The van der Waals surface area contributed by atoms with Gasteiger partial charge in [-0.25, -0.2) is 4.79 Å². The number of aliphatic hydroxyl groups excluding tert-OH is 2. The molecule has 3 N–H and O–H groups in total. The summed E-state index contributed by atoms with van der Waals surface area (Å²) in [6.07, 6.45) is -3.78. The normalized spacial score (nSPS) is 15.9. The third-order valence-electron chi connectivity index (χ3n) is 4.76. The minimum absolute atomic E-state index is 0.175. The lowest BCUT2D eigenvalue weighted by Crippen LogP contribution is -2.53. The molecule has 2 amide bonds. The zero-order valence-corrected chi connectivity index (χ0v) is 16.6. The third kappa shape index (κ3) is 4.81. The number of nitrogens with zero attached hydrogens (tertiary/aromatic N) is 1. The summed E-state index contributed by atoms with van der Waals surface area (Å²) < 4.78 is 4.70. The van der Waals surface area contributed by atoms with Gasteiger partial charge in [-0.05, 0) is 22.6 Å². The van der Waals surface area contributed by atoms with E-state index in [0.29, 0.717) is 13.1 Å². The molecule has 0 radical (unpaired) electrons. The number of benzene rings is 1. The van der Waals surface area contributed by atoms with Crippen molar-refractivity contribution in [1.82, 2.24) is 10.2 Å². The number of thiophene rings is 1. The Morgan fingerprint density at radius 1 is 1.10 bits per heavy atom. The molecule has 0 saturated carbocycles. The van der Waals surface area contributed by atoms with Crippen molar-refractivity contribution in [3.05, 3.63) is 57.8 Å². The Balaban J connectivity index is 1.62. The van der Waals surface area contributed by atoms with Gasteiger partial charge >= 0.3 is 5.97 Å². The molecule has 1 aromatic heterocycles. The van der Waals surface area contributed by atoms with Gasteiger partial charge in [0.15, 0.2) is 12.2 Å². The third-order valence-corrected chi connectivity index (χ3v) is 5.66. The van der Waals surface area contributed by atoms with E-state index in [9.17, 15) is 24.6 Å². The van der Waals surface area contributed by atoms with Crippen LogP contribution in [0.15, 0.2) is 41.8 Å². The van der Waals surface area contributed by atoms with E-state index in [1.165, 1.54) is 23.3 Å².